The van der Waals surface area contributed by atoms with Gasteiger partial charge < -0.3 is 15.2 Å². The van der Waals surface area contributed by atoms with Gasteiger partial charge in [0.1, 0.15) is 11.6 Å². The second-order valence-electron chi connectivity index (χ2n) is 6.55. The number of rotatable bonds is 2. The quantitative estimate of drug-likeness (QED) is 0.452. The molecule has 1 aromatic rings. The molecule has 22 heavy (non-hydrogen) atoms. The van der Waals surface area contributed by atoms with E-state index in [0.717, 1.165) is 62.5 Å². The Labute approximate surface area is 149 Å². The number of hydrogen-bond acceptors (Lipinski definition) is 3. The molecule has 0 aromatic carbocycles. The lowest BCUT2D eigenvalue weighted by atomic mass is 9.99. The van der Waals surface area contributed by atoms with Crippen molar-refractivity contribution in [1.29, 1.82) is 0 Å². The number of fused-ring (bicyclic) bond motifs is 1. The maximum Gasteiger partial charge on any atom is 0.191 e. The number of nitrogens with two attached hydrogens (primary N) is 1. The van der Waals surface area contributed by atoms with E-state index in [4.69, 9.17) is 5.73 Å². The second-order valence-corrected chi connectivity index (χ2v) is 6.55. The number of aliphatic imine (C=N–C) groups is 1. The lowest BCUT2D eigenvalue weighted by Crippen LogP contribution is -2.42. The summed E-state index contributed by atoms with van der Waals surface area (Å²) in [4.78, 5) is 6.88. The van der Waals surface area contributed by atoms with Crippen LogP contribution in [-0.4, -0.2) is 45.3 Å². The Hall–Kier alpha value is -0.860. The van der Waals surface area contributed by atoms with Gasteiger partial charge in [-0.05, 0) is 38.0 Å². The first-order valence-corrected chi connectivity index (χ1v) is 8.07. The molecule has 2 aliphatic rings. The summed E-state index contributed by atoms with van der Waals surface area (Å²) in [5.41, 5.74) is 6.16. The highest BCUT2D eigenvalue weighted by Gasteiger charge is 2.22. The van der Waals surface area contributed by atoms with Crippen molar-refractivity contribution in [2.24, 2.45) is 22.6 Å². The van der Waals surface area contributed by atoms with Crippen molar-refractivity contribution in [2.75, 3.05) is 19.6 Å². The maximum absolute atomic E-state index is 6.16. The number of aromatic nitrogens is 3. The van der Waals surface area contributed by atoms with Gasteiger partial charge in [-0.2, -0.15) is 0 Å². The predicted octanol–water partition coefficient (Wildman–Crippen LogP) is 1.81. The zero-order valence-electron chi connectivity index (χ0n) is 13.5. The minimum atomic E-state index is 0. The summed E-state index contributed by atoms with van der Waals surface area (Å²) in [5, 5.41) is 8.36. The molecule has 0 aliphatic carbocycles. The number of nitrogens with zero attached hydrogens (tertiary/aromatic N) is 5. The van der Waals surface area contributed by atoms with Gasteiger partial charge in [-0.15, -0.1) is 34.2 Å². The van der Waals surface area contributed by atoms with Crippen LogP contribution in [0.4, 0.5) is 0 Å². The predicted molar refractivity (Wildman–Crippen MR) is 98.4 cm³/mol. The van der Waals surface area contributed by atoms with Gasteiger partial charge in [0.2, 0.25) is 0 Å². The van der Waals surface area contributed by atoms with E-state index in [9.17, 15) is 0 Å². The van der Waals surface area contributed by atoms with Gasteiger partial charge in [-0.1, -0.05) is 6.92 Å². The molecule has 3 rings (SSSR count). The van der Waals surface area contributed by atoms with Crippen LogP contribution >= 0.6 is 24.0 Å². The van der Waals surface area contributed by atoms with Gasteiger partial charge in [0.05, 0.1) is 0 Å². The fourth-order valence-electron chi connectivity index (χ4n) is 3.24. The van der Waals surface area contributed by atoms with E-state index in [0.29, 0.717) is 5.92 Å². The average Bonchev–Trinajstić information content (AvgIpc) is 2.87. The van der Waals surface area contributed by atoms with Crippen LogP contribution in [0.2, 0.25) is 0 Å². The van der Waals surface area contributed by atoms with Crippen LogP contribution < -0.4 is 5.73 Å². The summed E-state index contributed by atoms with van der Waals surface area (Å²) in [6.07, 6.45) is 4.58. The van der Waals surface area contributed by atoms with E-state index in [2.05, 4.69) is 31.6 Å². The average molecular weight is 418 g/mol. The Bertz CT molecular complexity index is 518. The summed E-state index contributed by atoms with van der Waals surface area (Å²) >= 11 is 0. The number of piperidine rings is 1. The number of guanidine groups is 1. The van der Waals surface area contributed by atoms with Crippen LogP contribution in [0.15, 0.2) is 4.99 Å². The molecule has 124 valence electrons. The highest BCUT2D eigenvalue weighted by Crippen LogP contribution is 2.20. The van der Waals surface area contributed by atoms with E-state index in [1.165, 1.54) is 12.8 Å². The van der Waals surface area contributed by atoms with Gasteiger partial charge in [0, 0.05) is 32.6 Å². The molecular formula is C15H27IN6. The summed E-state index contributed by atoms with van der Waals surface area (Å²) in [6.45, 7) is 8.22. The highest BCUT2D eigenvalue weighted by molar-refractivity contribution is 14.0. The van der Waals surface area contributed by atoms with Crippen molar-refractivity contribution in [3.05, 3.63) is 11.6 Å². The molecule has 1 aromatic heterocycles. The lowest BCUT2D eigenvalue weighted by molar-refractivity contribution is 0.276. The Morgan fingerprint density at radius 1 is 1.27 bits per heavy atom. The monoisotopic (exact) mass is 418 g/mol. The topological polar surface area (TPSA) is 72.3 Å². The number of likely N-dealkylation sites (tertiary alicyclic amines) is 1. The van der Waals surface area contributed by atoms with E-state index >= 15 is 0 Å². The molecule has 0 spiro atoms. The highest BCUT2D eigenvalue weighted by atomic mass is 127. The molecule has 6 nitrogen and oxygen atoms in total. The van der Waals surface area contributed by atoms with Crippen molar-refractivity contribution in [3.8, 4) is 0 Å². The minimum absolute atomic E-state index is 0. The normalized spacial score (nSPS) is 23.1. The van der Waals surface area contributed by atoms with E-state index in [1.54, 1.807) is 0 Å². The fraction of sp³-hybridized carbons (Fsp3) is 0.800. The van der Waals surface area contributed by atoms with Crippen molar-refractivity contribution >= 4 is 29.9 Å². The van der Waals surface area contributed by atoms with Crippen molar-refractivity contribution in [1.82, 2.24) is 19.7 Å². The number of aryl methyl sites for hydroxylation is 2. The summed E-state index contributed by atoms with van der Waals surface area (Å²) in [7, 11) is 0. The first kappa shape index (κ1) is 17.5. The third-order valence-electron chi connectivity index (χ3n) is 4.85. The van der Waals surface area contributed by atoms with Gasteiger partial charge in [-0.25, -0.2) is 0 Å². The minimum Gasteiger partial charge on any atom is -0.370 e. The summed E-state index contributed by atoms with van der Waals surface area (Å²) < 4.78 is 2.22. The third kappa shape index (κ3) is 3.91. The van der Waals surface area contributed by atoms with Crippen LogP contribution in [0.25, 0.3) is 0 Å². The summed E-state index contributed by atoms with van der Waals surface area (Å²) in [5.74, 6) is 4.23. The molecule has 1 atom stereocenters. The number of hydrogen-bond donors (Lipinski definition) is 1. The molecule has 2 N–H and O–H groups in total. The first-order chi connectivity index (χ1) is 10.1. The van der Waals surface area contributed by atoms with E-state index in [1.807, 2.05) is 6.92 Å². The lowest BCUT2D eigenvalue weighted by Gasteiger charge is -2.31. The first-order valence-electron chi connectivity index (χ1n) is 8.07. The molecule has 2 aliphatic heterocycles. The van der Waals surface area contributed by atoms with Crippen LogP contribution in [0, 0.1) is 18.8 Å². The zero-order valence-corrected chi connectivity index (χ0v) is 15.9. The fourth-order valence-corrected chi connectivity index (χ4v) is 3.24. The molecule has 1 unspecified atom stereocenters. The van der Waals surface area contributed by atoms with Gasteiger partial charge in [0.25, 0.3) is 0 Å². The van der Waals surface area contributed by atoms with Crippen LogP contribution in [-0.2, 0) is 13.0 Å². The molecule has 0 bridgehead atoms. The third-order valence-corrected chi connectivity index (χ3v) is 4.85. The Morgan fingerprint density at radius 2 is 2.00 bits per heavy atom. The SMILES string of the molecule is Cc1nnc2n1CC(CN=C(N)N1CCC(C)CC1)CC2.I. The second kappa shape index (κ2) is 7.61. The van der Waals surface area contributed by atoms with Crippen LogP contribution in [0.1, 0.15) is 37.8 Å². The molecule has 1 saturated heterocycles. The molecule has 7 heteroatoms. The molecule has 3 heterocycles. The maximum atomic E-state index is 6.16. The van der Waals surface area contributed by atoms with E-state index < -0.39 is 0 Å². The number of halogens is 1. The summed E-state index contributed by atoms with van der Waals surface area (Å²) in [6, 6.07) is 0. The van der Waals surface area contributed by atoms with Crippen molar-refractivity contribution in [2.45, 2.75) is 46.1 Å². The Morgan fingerprint density at radius 3 is 2.73 bits per heavy atom. The Kier molecular flexibility index (Phi) is 6.05. The molecule has 0 radical (unpaired) electrons. The van der Waals surface area contributed by atoms with E-state index in [-0.39, 0.29) is 24.0 Å². The smallest absolute Gasteiger partial charge is 0.191 e. The standard InChI is InChI=1S/C15H26N6.HI/c1-11-5-7-20(8-6-11)15(16)17-9-13-3-4-14-19-18-12(2)21(14)10-13;/h11,13H,3-10H2,1-2H3,(H2,16,17);1H. The molecule has 1 fully saturated rings. The molecular weight excluding hydrogens is 391 g/mol. The van der Waals surface area contributed by atoms with Gasteiger partial charge in [0.15, 0.2) is 5.96 Å². The van der Waals surface area contributed by atoms with Gasteiger partial charge >= 0.3 is 0 Å². The van der Waals surface area contributed by atoms with Crippen molar-refractivity contribution < 1.29 is 0 Å². The van der Waals surface area contributed by atoms with Crippen molar-refractivity contribution in [3.63, 3.8) is 0 Å². The van der Waals surface area contributed by atoms with Crippen LogP contribution in [0.3, 0.4) is 0 Å². The Balaban J connectivity index is 0.00000176. The van der Waals surface area contributed by atoms with Gasteiger partial charge in [-0.3, -0.25) is 4.99 Å². The van der Waals surface area contributed by atoms with Crippen LogP contribution in [0.5, 0.6) is 0 Å². The largest absolute Gasteiger partial charge is 0.370 e. The molecule has 0 amide bonds. The molecule has 0 saturated carbocycles. The zero-order chi connectivity index (χ0) is 14.8.